The lowest BCUT2D eigenvalue weighted by Gasteiger charge is -2.35. The lowest BCUT2D eigenvalue weighted by molar-refractivity contribution is -0.142. The molecular weight excluding hydrogens is 306 g/mol. The minimum atomic E-state index is -0.359. The van der Waals surface area contributed by atoms with Crippen molar-refractivity contribution >= 4 is 17.7 Å². The summed E-state index contributed by atoms with van der Waals surface area (Å²) in [7, 11) is 0. The standard InChI is InChI=1S/C18H31N3O3/c1-18(2,3)17(24)21-12-7-14(8-13-21)16(23)19-9-5-11-20-10-4-6-15(20)22/h14H,4-13H2,1-3H3,(H,19,23). The highest BCUT2D eigenvalue weighted by molar-refractivity contribution is 5.82. The molecule has 0 aromatic rings. The number of carbonyl (C=O) groups excluding carboxylic acids is 3. The van der Waals surface area contributed by atoms with E-state index in [9.17, 15) is 14.4 Å². The largest absolute Gasteiger partial charge is 0.356 e. The topological polar surface area (TPSA) is 69.7 Å². The molecule has 0 spiro atoms. The predicted octanol–water partition coefficient (Wildman–Crippen LogP) is 1.40. The molecule has 0 bridgehead atoms. The van der Waals surface area contributed by atoms with Crippen molar-refractivity contribution in [3.05, 3.63) is 0 Å². The van der Waals surface area contributed by atoms with Crippen molar-refractivity contribution in [3.8, 4) is 0 Å². The Balaban J connectivity index is 1.64. The van der Waals surface area contributed by atoms with Gasteiger partial charge in [0.1, 0.15) is 0 Å². The predicted molar refractivity (Wildman–Crippen MR) is 92.2 cm³/mol. The minimum Gasteiger partial charge on any atom is -0.356 e. The summed E-state index contributed by atoms with van der Waals surface area (Å²) in [5.41, 5.74) is -0.359. The van der Waals surface area contributed by atoms with Gasteiger partial charge < -0.3 is 15.1 Å². The van der Waals surface area contributed by atoms with Crippen LogP contribution in [0.15, 0.2) is 0 Å². The molecule has 0 aromatic carbocycles. The highest BCUT2D eigenvalue weighted by atomic mass is 16.2. The Morgan fingerprint density at radius 3 is 2.38 bits per heavy atom. The fraction of sp³-hybridized carbons (Fsp3) is 0.833. The number of amides is 3. The van der Waals surface area contributed by atoms with Gasteiger partial charge in [0, 0.05) is 50.5 Å². The van der Waals surface area contributed by atoms with Gasteiger partial charge in [0.15, 0.2) is 0 Å². The summed E-state index contributed by atoms with van der Waals surface area (Å²) in [6, 6.07) is 0. The number of nitrogens with zero attached hydrogens (tertiary/aromatic N) is 2. The van der Waals surface area contributed by atoms with Crippen LogP contribution in [0.5, 0.6) is 0 Å². The third-order valence-corrected chi connectivity index (χ3v) is 4.87. The zero-order valence-corrected chi connectivity index (χ0v) is 15.3. The van der Waals surface area contributed by atoms with Crippen LogP contribution in [0, 0.1) is 11.3 Å². The monoisotopic (exact) mass is 337 g/mol. The van der Waals surface area contributed by atoms with Crippen molar-refractivity contribution < 1.29 is 14.4 Å². The van der Waals surface area contributed by atoms with E-state index in [1.165, 1.54) is 0 Å². The molecule has 0 atom stereocenters. The molecule has 2 heterocycles. The third kappa shape index (κ3) is 4.95. The molecule has 24 heavy (non-hydrogen) atoms. The average Bonchev–Trinajstić information content (AvgIpc) is 2.95. The summed E-state index contributed by atoms with van der Waals surface area (Å²) in [5, 5.41) is 2.99. The van der Waals surface area contributed by atoms with Crippen molar-refractivity contribution in [1.29, 1.82) is 0 Å². The average molecular weight is 337 g/mol. The molecular formula is C18H31N3O3. The van der Waals surface area contributed by atoms with E-state index in [-0.39, 0.29) is 29.1 Å². The van der Waals surface area contributed by atoms with E-state index in [0.29, 0.717) is 26.1 Å². The zero-order valence-electron chi connectivity index (χ0n) is 15.3. The normalized spacial score (nSPS) is 19.7. The number of hydrogen-bond donors (Lipinski definition) is 1. The van der Waals surface area contributed by atoms with Crippen LogP contribution < -0.4 is 5.32 Å². The molecule has 0 aromatic heterocycles. The fourth-order valence-corrected chi connectivity index (χ4v) is 3.39. The second-order valence-electron chi connectivity index (χ2n) is 7.95. The Hall–Kier alpha value is -1.59. The van der Waals surface area contributed by atoms with Crippen LogP contribution in [0.25, 0.3) is 0 Å². The van der Waals surface area contributed by atoms with Crippen LogP contribution in [0.4, 0.5) is 0 Å². The number of hydrogen-bond acceptors (Lipinski definition) is 3. The lowest BCUT2D eigenvalue weighted by Crippen LogP contribution is -2.46. The van der Waals surface area contributed by atoms with Gasteiger partial charge in [-0.25, -0.2) is 0 Å². The van der Waals surface area contributed by atoms with E-state index in [1.807, 2.05) is 30.6 Å². The maximum Gasteiger partial charge on any atom is 0.227 e. The summed E-state index contributed by atoms with van der Waals surface area (Å²) >= 11 is 0. The second kappa shape index (κ2) is 7.99. The molecule has 6 nitrogen and oxygen atoms in total. The maximum absolute atomic E-state index is 12.3. The van der Waals surface area contributed by atoms with Gasteiger partial charge in [0.05, 0.1) is 0 Å². The first-order chi connectivity index (χ1) is 11.3. The van der Waals surface area contributed by atoms with Crippen molar-refractivity contribution in [1.82, 2.24) is 15.1 Å². The number of piperidine rings is 1. The molecule has 6 heteroatoms. The summed E-state index contributed by atoms with van der Waals surface area (Å²) < 4.78 is 0. The lowest BCUT2D eigenvalue weighted by atomic mass is 9.90. The minimum absolute atomic E-state index is 0.00226. The first kappa shape index (κ1) is 18.7. The quantitative estimate of drug-likeness (QED) is 0.771. The van der Waals surface area contributed by atoms with Gasteiger partial charge in [-0.05, 0) is 25.7 Å². The van der Waals surface area contributed by atoms with Crippen LogP contribution in [-0.4, -0.2) is 60.2 Å². The van der Waals surface area contributed by atoms with Crippen molar-refractivity contribution in [2.24, 2.45) is 11.3 Å². The first-order valence-corrected chi connectivity index (χ1v) is 9.14. The van der Waals surface area contributed by atoms with Gasteiger partial charge in [-0.1, -0.05) is 20.8 Å². The number of nitrogens with one attached hydrogen (secondary N) is 1. The summed E-state index contributed by atoms with van der Waals surface area (Å²) in [6.07, 6.45) is 3.89. The SMILES string of the molecule is CC(C)(C)C(=O)N1CCC(C(=O)NCCCN2CCCC2=O)CC1. The third-order valence-electron chi connectivity index (χ3n) is 4.87. The Kier molecular flexibility index (Phi) is 6.24. The molecule has 0 unspecified atom stereocenters. The Morgan fingerprint density at radius 1 is 1.17 bits per heavy atom. The molecule has 136 valence electrons. The van der Waals surface area contributed by atoms with Gasteiger partial charge >= 0.3 is 0 Å². The van der Waals surface area contributed by atoms with E-state index in [4.69, 9.17) is 0 Å². The molecule has 0 aliphatic carbocycles. The fourth-order valence-electron chi connectivity index (χ4n) is 3.39. The molecule has 2 fully saturated rings. The summed E-state index contributed by atoms with van der Waals surface area (Å²) in [4.78, 5) is 39.8. The van der Waals surface area contributed by atoms with Crippen molar-refractivity contribution in [2.75, 3.05) is 32.7 Å². The van der Waals surface area contributed by atoms with Gasteiger partial charge in [0.25, 0.3) is 0 Å². The van der Waals surface area contributed by atoms with Crippen molar-refractivity contribution in [3.63, 3.8) is 0 Å². The van der Waals surface area contributed by atoms with Gasteiger partial charge in [-0.2, -0.15) is 0 Å². The molecule has 3 amide bonds. The zero-order chi connectivity index (χ0) is 17.7. The van der Waals surface area contributed by atoms with Crippen LogP contribution >= 0.6 is 0 Å². The molecule has 0 radical (unpaired) electrons. The summed E-state index contributed by atoms with van der Waals surface area (Å²) in [6.45, 7) is 9.32. The highest BCUT2D eigenvalue weighted by Crippen LogP contribution is 2.23. The van der Waals surface area contributed by atoms with E-state index >= 15 is 0 Å². The number of rotatable bonds is 5. The molecule has 2 rings (SSSR count). The van der Waals surface area contributed by atoms with Gasteiger partial charge in [-0.3, -0.25) is 14.4 Å². The first-order valence-electron chi connectivity index (χ1n) is 9.14. The Labute approximate surface area is 144 Å². The Morgan fingerprint density at radius 2 is 1.83 bits per heavy atom. The van der Waals surface area contributed by atoms with E-state index in [2.05, 4.69) is 5.32 Å². The Bertz CT molecular complexity index is 476. The number of likely N-dealkylation sites (tertiary alicyclic amines) is 2. The van der Waals surface area contributed by atoms with Crippen LogP contribution in [-0.2, 0) is 14.4 Å². The van der Waals surface area contributed by atoms with E-state index in [1.54, 1.807) is 0 Å². The maximum atomic E-state index is 12.3. The van der Waals surface area contributed by atoms with Gasteiger partial charge in [-0.15, -0.1) is 0 Å². The van der Waals surface area contributed by atoms with E-state index in [0.717, 1.165) is 38.8 Å². The smallest absolute Gasteiger partial charge is 0.227 e. The van der Waals surface area contributed by atoms with E-state index < -0.39 is 0 Å². The highest BCUT2D eigenvalue weighted by Gasteiger charge is 2.32. The van der Waals surface area contributed by atoms with Gasteiger partial charge in [0.2, 0.25) is 17.7 Å². The van der Waals surface area contributed by atoms with Crippen LogP contribution in [0.2, 0.25) is 0 Å². The molecule has 2 aliphatic rings. The molecule has 1 N–H and O–H groups in total. The summed E-state index contributed by atoms with van der Waals surface area (Å²) in [5.74, 6) is 0.488. The molecule has 2 aliphatic heterocycles. The second-order valence-corrected chi connectivity index (χ2v) is 7.95. The van der Waals surface area contributed by atoms with Crippen LogP contribution in [0.3, 0.4) is 0 Å². The van der Waals surface area contributed by atoms with Crippen LogP contribution in [0.1, 0.15) is 52.9 Å². The van der Waals surface area contributed by atoms with Crippen molar-refractivity contribution in [2.45, 2.75) is 52.9 Å². The molecule has 2 saturated heterocycles. The number of carbonyl (C=O) groups is 3. The molecule has 0 saturated carbocycles.